The third kappa shape index (κ3) is 2.81. The SMILES string of the molecule is Cc1cc(N2CCCC2)nc(N2CCN(C)CC2)c1C#N. The summed E-state index contributed by atoms with van der Waals surface area (Å²) in [5.74, 6) is 1.92. The zero-order chi connectivity index (χ0) is 14.8. The van der Waals surface area contributed by atoms with Crippen molar-refractivity contribution in [2.24, 2.45) is 0 Å². The second-order valence-corrected chi connectivity index (χ2v) is 6.09. The lowest BCUT2D eigenvalue weighted by molar-refractivity contribution is 0.312. The van der Waals surface area contributed by atoms with E-state index in [1.54, 1.807) is 0 Å². The first kappa shape index (κ1) is 14.2. The standard InChI is InChI=1S/C16H23N5/c1-13-11-15(20-5-3-4-6-20)18-16(14(13)12-17)21-9-7-19(2)8-10-21/h11H,3-10H2,1-2H3. The van der Waals surface area contributed by atoms with Crippen molar-refractivity contribution in [2.75, 3.05) is 56.1 Å². The molecule has 0 aromatic carbocycles. The number of piperazine rings is 1. The van der Waals surface area contributed by atoms with Crippen molar-refractivity contribution in [3.8, 4) is 6.07 Å². The highest BCUT2D eigenvalue weighted by atomic mass is 15.3. The van der Waals surface area contributed by atoms with Gasteiger partial charge in [-0.25, -0.2) is 4.98 Å². The molecule has 0 unspecified atom stereocenters. The Bertz CT molecular complexity index is 549. The molecule has 0 bridgehead atoms. The van der Waals surface area contributed by atoms with E-state index >= 15 is 0 Å². The Labute approximate surface area is 126 Å². The first-order chi connectivity index (χ1) is 10.2. The van der Waals surface area contributed by atoms with Gasteiger partial charge in [-0.2, -0.15) is 5.26 Å². The number of pyridine rings is 1. The van der Waals surface area contributed by atoms with Crippen molar-refractivity contribution in [3.05, 3.63) is 17.2 Å². The van der Waals surface area contributed by atoms with Crippen molar-refractivity contribution in [2.45, 2.75) is 19.8 Å². The monoisotopic (exact) mass is 285 g/mol. The zero-order valence-corrected chi connectivity index (χ0v) is 13.0. The number of nitriles is 1. The maximum atomic E-state index is 9.50. The van der Waals surface area contributed by atoms with Crippen LogP contribution in [0.4, 0.5) is 11.6 Å². The molecule has 0 amide bonds. The smallest absolute Gasteiger partial charge is 0.149 e. The zero-order valence-electron chi connectivity index (χ0n) is 13.0. The van der Waals surface area contributed by atoms with Crippen LogP contribution >= 0.6 is 0 Å². The van der Waals surface area contributed by atoms with Crippen LogP contribution in [-0.4, -0.2) is 56.2 Å². The summed E-state index contributed by atoms with van der Waals surface area (Å²) in [5.41, 5.74) is 1.78. The van der Waals surface area contributed by atoms with E-state index in [0.717, 1.165) is 62.0 Å². The van der Waals surface area contributed by atoms with Crippen LogP contribution in [0, 0.1) is 18.3 Å². The van der Waals surface area contributed by atoms with Gasteiger partial charge in [0.15, 0.2) is 0 Å². The van der Waals surface area contributed by atoms with Gasteiger partial charge in [-0.1, -0.05) is 0 Å². The van der Waals surface area contributed by atoms with Gasteiger partial charge in [0.2, 0.25) is 0 Å². The molecule has 5 nitrogen and oxygen atoms in total. The van der Waals surface area contributed by atoms with Crippen LogP contribution < -0.4 is 9.80 Å². The number of aryl methyl sites for hydroxylation is 1. The molecule has 0 radical (unpaired) electrons. The lowest BCUT2D eigenvalue weighted by Crippen LogP contribution is -2.45. The number of hydrogen-bond donors (Lipinski definition) is 0. The van der Waals surface area contributed by atoms with Crippen LogP contribution in [0.3, 0.4) is 0 Å². The number of aromatic nitrogens is 1. The van der Waals surface area contributed by atoms with Gasteiger partial charge in [0.25, 0.3) is 0 Å². The lowest BCUT2D eigenvalue weighted by atomic mass is 10.1. The van der Waals surface area contributed by atoms with Crippen LogP contribution in [0.5, 0.6) is 0 Å². The Balaban J connectivity index is 1.94. The van der Waals surface area contributed by atoms with Crippen molar-refractivity contribution in [1.82, 2.24) is 9.88 Å². The summed E-state index contributed by atoms with van der Waals surface area (Å²) >= 11 is 0. The number of anilines is 2. The molecule has 2 saturated heterocycles. The molecule has 3 heterocycles. The third-order valence-electron chi connectivity index (χ3n) is 4.53. The highest BCUT2D eigenvalue weighted by Gasteiger charge is 2.22. The first-order valence-electron chi connectivity index (χ1n) is 7.79. The van der Waals surface area contributed by atoms with Gasteiger partial charge >= 0.3 is 0 Å². The maximum Gasteiger partial charge on any atom is 0.149 e. The first-order valence-corrected chi connectivity index (χ1v) is 7.79. The molecule has 2 fully saturated rings. The van der Waals surface area contributed by atoms with E-state index in [1.165, 1.54) is 12.8 Å². The van der Waals surface area contributed by atoms with Gasteiger partial charge in [0.05, 0.1) is 5.56 Å². The Morgan fingerprint density at radius 3 is 2.33 bits per heavy atom. The molecule has 1 aromatic heterocycles. The normalized spacial score (nSPS) is 19.9. The molecular weight excluding hydrogens is 262 g/mol. The largest absolute Gasteiger partial charge is 0.357 e. The number of likely N-dealkylation sites (N-methyl/N-ethyl adjacent to an activating group) is 1. The van der Waals surface area contributed by atoms with Gasteiger partial charge in [0, 0.05) is 39.3 Å². The summed E-state index contributed by atoms with van der Waals surface area (Å²) in [4.78, 5) is 11.8. The van der Waals surface area contributed by atoms with E-state index in [0.29, 0.717) is 0 Å². The lowest BCUT2D eigenvalue weighted by Gasteiger charge is -2.34. The molecule has 2 aliphatic rings. The number of nitrogens with zero attached hydrogens (tertiary/aromatic N) is 5. The Hall–Kier alpha value is -1.80. The average Bonchev–Trinajstić information content (AvgIpc) is 3.01. The minimum Gasteiger partial charge on any atom is -0.357 e. The van der Waals surface area contributed by atoms with Crippen molar-refractivity contribution in [1.29, 1.82) is 5.26 Å². The molecule has 0 spiro atoms. The van der Waals surface area contributed by atoms with Crippen LogP contribution in [-0.2, 0) is 0 Å². The quantitative estimate of drug-likeness (QED) is 0.826. The Morgan fingerprint density at radius 1 is 1.05 bits per heavy atom. The van der Waals surface area contributed by atoms with Gasteiger partial charge < -0.3 is 14.7 Å². The minimum absolute atomic E-state index is 0.738. The summed E-state index contributed by atoms with van der Waals surface area (Å²) in [6, 6.07) is 4.43. The molecule has 0 N–H and O–H groups in total. The minimum atomic E-state index is 0.738. The van der Waals surface area contributed by atoms with E-state index in [4.69, 9.17) is 4.98 Å². The van der Waals surface area contributed by atoms with Crippen LogP contribution in [0.1, 0.15) is 24.0 Å². The molecule has 21 heavy (non-hydrogen) atoms. The maximum absolute atomic E-state index is 9.50. The fraction of sp³-hybridized carbons (Fsp3) is 0.625. The molecule has 3 rings (SSSR count). The van der Waals surface area contributed by atoms with E-state index in [-0.39, 0.29) is 0 Å². The topological polar surface area (TPSA) is 46.4 Å². The molecular formula is C16H23N5. The van der Waals surface area contributed by atoms with E-state index in [1.807, 2.05) is 6.92 Å². The van der Waals surface area contributed by atoms with E-state index in [2.05, 4.69) is 33.9 Å². The van der Waals surface area contributed by atoms with Gasteiger partial charge in [-0.3, -0.25) is 0 Å². The van der Waals surface area contributed by atoms with Gasteiger partial charge in [0.1, 0.15) is 17.7 Å². The summed E-state index contributed by atoms with van der Waals surface area (Å²) in [5, 5.41) is 9.50. The van der Waals surface area contributed by atoms with Crippen LogP contribution in [0.25, 0.3) is 0 Å². The van der Waals surface area contributed by atoms with Gasteiger partial charge in [-0.05, 0) is 38.4 Å². The average molecular weight is 285 g/mol. The Kier molecular flexibility index (Phi) is 3.98. The summed E-state index contributed by atoms with van der Waals surface area (Å²) in [6.45, 7) is 8.14. The molecule has 2 aliphatic heterocycles. The molecule has 0 atom stereocenters. The van der Waals surface area contributed by atoms with Crippen LogP contribution in [0.2, 0.25) is 0 Å². The van der Waals surface area contributed by atoms with E-state index in [9.17, 15) is 5.26 Å². The fourth-order valence-corrected chi connectivity index (χ4v) is 3.13. The molecule has 1 aromatic rings. The van der Waals surface area contributed by atoms with Crippen molar-refractivity contribution >= 4 is 11.6 Å². The Morgan fingerprint density at radius 2 is 1.71 bits per heavy atom. The second-order valence-electron chi connectivity index (χ2n) is 6.09. The molecule has 0 saturated carbocycles. The van der Waals surface area contributed by atoms with Crippen LogP contribution in [0.15, 0.2) is 6.07 Å². The third-order valence-corrected chi connectivity index (χ3v) is 4.53. The van der Waals surface area contributed by atoms with Crippen molar-refractivity contribution in [3.63, 3.8) is 0 Å². The van der Waals surface area contributed by atoms with E-state index < -0.39 is 0 Å². The molecule has 0 aliphatic carbocycles. The summed E-state index contributed by atoms with van der Waals surface area (Å²) in [7, 11) is 2.14. The summed E-state index contributed by atoms with van der Waals surface area (Å²) < 4.78 is 0. The highest BCUT2D eigenvalue weighted by Crippen LogP contribution is 2.28. The second kappa shape index (κ2) is 5.90. The van der Waals surface area contributed by atoms with Crippen molar-refractivity contribution < 1.29 is 0 Å². The fourth-order valence-electron chi connectivity index (χ4n) is 3.13. The molecule has 112 valence electrons. The summed E-state index contributed by atoms with van der Waals surface area (Å²) in [6.07, 6.45) is 2.48. The highest BCUT2D eigenvalue weighted by molar-refractivity contribution is 5.63. The van der Waals surface area contributed by atoms with Gasteiger partial charge in [-0.15, -0.1) is 0 Å². The number of hydrogen-bond acceptors (Lipinski definition) is 5. The molecule has 5 heteroatoms. The predicted molar refractivity (Wildman–Crippen MR) is 84.8 cm³/mol. The number of rotatable bonds is 2. The predicted octanol–water partition coefficient (Wildman–Crippen LogP) is 1.61.